The number of guanidine groups is 1. The van der Waals surface area contributed by atoms with E-state index in [2.05, 4.69) is 55.0 Å². The fraction of sp³-hybridized carbons (Fsp3) is 0.667. The number of nitrogens with zero attached hydrogens (tertiary/aromatic N) is 2. The van der Waals surface area contributed by atoms with Gasteiger partial charge in [0.15, 0.2) is 5.96 Å². The van der Waals surface area contributed by atoms with E-state index in [9.17, 15) is 0 Å². The molecule has 0 saturated carbocycles. The Kier molecular flexibility index (Phi) is 7.76. The van der Waals surface area contributed by atoms with Crippen LogP contribution in [0.5, 0.6) is 5.75 Å². The maximum atomic E-state index is 6.04. The van der Waals surface area contributed by atoms with Crippen LogP contribution in [0.25, 0.3) is 0 Å². The minimum Gasteiger partial charge on any atom is -0.491 e. The van der Waals surface area contributed by atoms with Crippen LogP contribution in [0.3, 0.4) is 0 Å². The summed E-state index contributed by atoms with van der Waals surface area (Å²) in [6.07, 6.45) is 2.51. The molecule has 0 bridgehead atoms. The maximum Gasteiger partial charge on any atom is 0.193 e. The number of nitrogens with one attached hydrogen (secondary N) is 1. The number of piperidine rings is 1. The number of aliphatic imine (C=N–C) groups is 1. The fourth-order valence-electron chi connectivity index (χ4n) is 3.34. The average Bonchev–Trinajstić information content (AvgIpc) is 2.62. The molecular weight excluding hydrogens is 326 g/mol. The van der Waals surface area contributed by atoms with E-state index in [1.54, 1.807) is 0 Å². The van der Waals surface area contributed by atoms with Gasteiger partial charge in [-0.15, -0.1) is 0 Å². The normalized spacial score (nSPS) is 16.7. The molecule has 5 nitrogen and oxygen atoms in total. The molecule has 0 unspecified atom stereocenters. The smallest absolute Gasteiger partial charge is 0.193 e. The molecule has 146 valence electrons. The Labute approximate surface area is 158 Å². The molecule has 2 rings (SSSR count). The zero-order chi connectivity index (χ0) is 19.0. The number of hydrogen-bond acceptors (Lipinski definition) is 3. The average molecular weight is 362 g/mol. The summed E-state index contributed by atoms with van der Waals surface area (Å²) in [5.41, 5.74) is 1.31. The summed E-state index contributed by atoms with van der Waals surface area (Å²) >= 11 is 0. The second-order valence-electron chi connectivity index (χ2n) is 7.71. The Morgan fingerprint density at radius 1 is 1.23 bits per heavy atom. The molecule has 0 atom stereocenters. The van der Waals surface area contributed by atoms with E-state index in [0.717, 1.165) is 50.8 Å². The van der Waals surface area contributed by atoms with Crippen molar-refractivity contribution in [3.8, 4) is 5.75 Å². The number of rotatable bonds is 6. The minimum atomic E-state index is 0.0744. The summed E-state index contributed by atoms with van der Waals surface area (Å²) in [4.78, 5) is 6.72. The van der Waals surface area contributed by atoms with Gasteiger partial charge in [0, 0.05) is 26.7 Å². The van der Waals surface area contributed by atoms with Crippen LogP contribution in [0, 0.1) is 0 Å². The van der Waals surface area contributed by atoms with Crippen molar-refractivity contribution >= 4 is 5.96 Å². The second kappa shape index (κ2) is 9.81. The van der Waals surface area contributed by atoms with Crippen molar-refractivity contribution in [2.24, 2.45) is 4.99 Å². The summed E-state index contributed by atoms with van der Waals surface area (Å²) < 4.78 is 11.8. The first-order chi connectivity index (χ1) is 12.5. The molecule has 0 radical (unpaired) electrons. The van der Waals surface area contributed by atoms with Crippen LogP contribution in [0.2, 0.25) is 0 Å². The van der Waals surface area contributed by atoms with Crippen molar-refractivity contribution < 1.29 is 9.47 Å². The number of benzene rings is 1. The molecule has 1 aromatic rings. The summed E-state index contributed by atoms with van der Waals surface area (Å²) in [5.74, 6) is 1.92. The topological polar surface area (TPSA) is 46.1 Å². The molecule has 1 aliphatic rings. The Balaban J connectivity index is 1.79. The van der Waals surface area contributed by atoms with Crippen molar-refractivity contribution in [1.29, 1.82) is 0 Å². The number of hydrogen-bond donors (Lipinski definition) is 1. The first-order valence-corrected chi connectivity index (χ1v) is 9.75. The molecule has 1 fully saturated rings. The quantitative estimate of drug-likeness (QED) is 0.479. The summed E-state index contributed by atoms with van der Waals surface area (Å²) in [6, 6.07) is 8.29. The molecule has 5 heteroatoms. The van der Waals surface area contributed by atoms with Crippen molar-refractivity contribution in [3.05, 3.63) is 29.8 Å². The highest BCUT2D eigenvalue weighted by Crippen LogP contribution is 2.30. The molecule has 0 aromatic heterocycles. The lowest BCUT2D eigenvalue weighted by Gasteiger charge is -2.34. The monoisotopic (exact) mass is 361 g/mol. The highest BCUT2D eigenvalue weighted by atomic mass is 16.5. The van der Waals surface area contributed by atoms with Gasteiger partial charge in [0.1, 0.15) is 12.4 Å². The fourth-order valence-corrected chi connectivity index (χ4v) is 3.34. The number of para-hydroxylation sites is 1. The summed E-state index contributed by atoms with van der Waals surface area (Å²) in [7, 11) is 1.84. The van der Waals surface area contributed by atoms with E-state index in [1.165, 1.54) is 5.56 Å². The van der Waals surface area contributed by atoms with Crippen LogP contribution in [0.4, 0.5) is 0 Å². The van der Waals surface area contributed by atoms with E-state index in [4.69, 9.17) is 9.47 Å². The third kappa shape index (κ3) is 5.90. The number of likely N-dealkylation sites (tertiary alicyclic amines) is 1. The molecule has 1 heterocycles. The van der Waals surface area contributed by atoms with Crippen LogP contribution >= 0.6 is 0 Å². The lowest BCUT2D eigenvalue weighted by atomic mass is 9.86. The van der Waals surface area contributed by atoms with Gasteiger partial charge in [-0.2, -0.15) is 0 Å². The molecule has 0 amide bonds. The number of ether oxygens (including phenoxy) is 2. The van der Waals surface area contributed by atoms with Crippen LogP contribution in [-0.2, 0) is 10.2 Å². The largest absolute Gasteiger partial charge is 0.491 e. The van der Waals surface area contributed by atoms with Gasteiger partial charge in [-0.05, 0) is 36.8 Å². The van der Waals surface area contributed by atoms with Gasteiger partial charge in [0.05, 0.1) is 12.6 Å². The first kappa shape index (κ1) is 20.6. The Morgan fingerprint density at radius 3 is 2.54 bits per heavy atom. The van der Waals surface area contributed by atoms with E-state index < -0.39 is 0 Å². The van der Waals surface area contributed by atoms with E-state index in [0.29, 0.717) is 12.7 Å². The first-order valence-electron chi connectivity index (χ1n) is 9.75. The third-order valence-corrected chi connectivity index (χ3v) is 4.69. The van der Waals surface area contributed by atoms with Crippen molar-refractivity contribution in [3.63, 3.8) is 0 Å². The van der Waals surface area contributed by atoms with E-state index >= 15 is 0 Å². The molecular formula is C21H35N3O2. The molecule has 0 spiro atoms. The summed E-state index contributed by atoms with van der Waals surface area (Å²) in [6.45, 7) is 12.8. The van der Waals surface area contributed by atoms with Crippen LogP contribution in [0.15, 0.2) is 29.3 Å². The molecule has 1 saturated heterocycles. The zero-order valence-corrected chi connectivity index (χ0v) is 17.0. The van der Waals surface area contributed by atoms with Gasteiger partial charge < -0.3 is 19.7 Å². The van der Waals surface area contributed by atoms with Crippen molar-refractivity contribution in [2.75, 3.05) is 39.9 Å². The second-order valence-corrected chi connectivity index (χ2v) is 7.71. The van der Waals surface area contributed by atoms with Gasteiger partial charge in [-0.1, -0.05) is 39.0 Å². The molecule has 1 aliphatic heterocycles. The minimum absolute atomic E-state index is 0.0744. The zero-order valence-electron chi connectivity index (χ0n) is 17.0. The van der Waals surface area contributed by atoms with E-state index in [1.807, 2.05) is 19.2 Å². The Morgan fingerprint density at radius 2 is 1.92 bits per heavy atom. The predicted molar refractivity (Wildman–Crippen MR) is 108 cm³/mol. The lowest BCUT2D eigenvalue weighted by Crippen LogP contribution is -2.47. The third-order valence-electron chi connectivity index (χ3n) is 4.69. The van der Waals surface area contributed by atoms with Crippen molar-refractivity contribution in [1.82, 2.24) is 10.2 Å². The van der Waals surface area contributed by atoms with Crippen molar-refractivity contribution in [2.45, 2.75) is 52.1 Å². The lowest BCUT2D eigenvalue weighted by molar-refractivity contribution is 0.0263. The Bertz CT molecular complexity index is 573. The van der Waals surface area contributed by atoms with E-state index in [-0.39, 0.29) is 5.41 Å². The summed E-state index contributed by atoms with van der Waals surface area (Å²) in [5, 5.41) is 3.42. The highest BCUT2D eigenvalue weighted by molar-refractivity contribution is 5.79. The van der Waals surface area contributed by atoms with Crippen LogP contribution < -0.4 is 10.1 Å². The van der Waals surface area contributed by atoms with Gasteiger partial charge >= 0.3 is 0 Å². The van der Waals surface area contributed by atoms with Crippen LogP contribution in [0.1, 0.15) is 46.1 Å². The molecule has 1 aromatic carbocycles. The van der Waals surface area contributed by atoms with Gasteiger partial charge in [0.2, 0.25) is 0 Å². The Hall–Kier alpha value is -1.75. The predicted octanol–water partition coefficient (Wildman–Crippen LogP) is 3.44. The SMILES string of the molecule is CCOC1CCN(C(=NC)NCCOc2ccccc2C(C)(C)C)CC1. The molecule has 1 N–H and O–H groups in total. The molecule has 26 heavy (non-hydrogen) atoms. The molecule has 0 aliphatic carbocycles. The highest BCUT2D eigenvalue weighted by Gasteiger charge is 2.21. The van der Waals surface area contributed by atoms with Crippen LogP contribution in [-0.4, -0.2) is 56.9 Å². The van der Waals surface area contributed by atoms with Gasteiger partial charge in [-0.3, -0.25) is 4.99 Å². The van der Waals surface area contributed by atoms with Gasteiger partial charge in [0.25, 0.3) is 0 Å². The van der Waals surface area contributed by atoms with Gasteiger partial charge in [-0.25, -0.2) is 0 Å². The maximum absolute atomic E-state index is 6.04. The standard InChI is InChI=1S/C21H35N3O2/c1-6-25-17-11-14-24(15-12-17)20(22-5)23-13-16-26-19-10-8-7-9-18(19)21(2,3)4/h7-10,17H,6,11-16H2,1-5H3,(H,22,23).